The number of benzene rings is 2. The average Bonchev–Trinajstić information content (AvgIpc) is 2.94. The molecular formula is C29H36Cl2F3N3O3S. The van der Waals surface area contributed by atoms with Gasteiger partial charge in [0.2, 0.25) is 15.9 Å². The third-order valence-electron chi connectivity index (χ3n) is 7.08. The molecule has 12 heteroatoms. The van der Waals surface area contributed by atoms with Gasteiger partial charge in [-0.1, -0.05) is 41.8 Å². The number of rotatable bonds is 14. The number of nitrogens with zero attached hydrogens (tertiary/aromatic N) is 1. The van der Waals surface area contributed by atoms with E-state index in [1.807, 2.05) is 0 Å². The van der Waals surface area contributed by atoms with Crippen LogP contribution in [0.3, 0.4) is 0 Å². The number of hydrogen-bond acceptors (Lipinski definition) is 4. The van der Waals surface area contributed by atoms with Crippen LogP contribution >= 0.6 is 23.2 Å². The van der Waals surface area contributed by atoms with Gasteiger partial charge < -0.3 is 10.2 Å². The van der Waals surface area contributed by atoms with Crippen LogP contribution < -0.4 is 10.0 Å². The van der Waals surface area contributed by atoms with E-state index >= 15 is 0 Å². The summed E-state index contributed by atoms with van der Waals surface area (Å²) < 4.78 is 65.9. The molecule has 0 spiro atoms. The van der Waals surface area contributed by atoms with E-state index in [9.17, 15) is 26.4 Å². The molecule has 1 fully saturated rings. The third kappa shape index (κ3) is 11.6. The molecule has 1 saturated heterocycles. The molecule has 0 radical (unpaired) electrons. The summed E-state index contributed by atoms with van der Waals surface area (Å²) in [5.41, 5.74) is -0.180. The van der Waals surface area contributed by atoms with Crippen molar-refractivity contribution in [1.29, 1.82) is 0 Å². The number of alkyl halides is 3. The normalized spacial score (nSPS) is 15.4. The van der Waals surface area contributed by atoms with Crippen LogP contribution in [0.4, 0.5) is 13.2 Å². The standard InChI is InChI=1S/C29H36Cl2F3N3O3S/c30-26-11-9-23(20-27(26)31)10-12-28(38)35-15-2-1-3-17-37-18-13-22(14-19-37)6-5-16-36-41(39,40)25-8-4-7-24(21-25)29(32,33)34/h4,7-12,20-22,36H,1-3,5-6,13-19H2,(H,35,38). The van der Waals surface area contributed by atoms with Crippen LogP contribution in [0.25, 0.3) is 6.08 Å². The lowest BCUT2D eigenvalue weighted by molar-refractivity contribution is -0.137. The molecule has 2 aromatic rings. The Balaban J connectivity index is 1.22. The molecule has 3 rings (SSSR count). The largest absolute Gasteiger partial charge is 0.416 e. The fraction of sp³-hybridized carbons (Fsp3) is 0.483. The fourth-order valence-electron chi connectivity index (χ4n) is 4.71. The van der Waals surface area contributed by atoms with Crippen molar-refractivity contribution < 1.29 is 26.4 Å². The molecule has 0 aliphatic carbocycles. The number of piperidine rings is 1. The Labute approximate surface area is 250 Å². The molecule has 1 heterocycles. The number of nitrogens with one attached hydrogen (secondary N) is 2. The van der Waals surface area contributed by atoms with Crippen molar-refractivity contribution in [2.45, 2.75) is 56.0 Å². The van der Waals surface area contributed by atoms with Crippen LogP contribution in [0.15, 0.2) is 53.4 Å². The number of amides is 1. The van der Waals surface area contributed by atoms with Crippen molar-refractivity contribution in [3.8, 4) is 0 Å². The summed E-state index contributed by atoms with van der Waals surface area (Å²) in [6.07, 6.45) is 5.15. The number of unbranched alkanes of at least 4 members (excludes halogenated alkanes) is 2. The van der Waals surface area contributed by atoms with Crippen molar-refractivity contribution in [1.82, 2.24) is 14.9 Å². The van der Waals surface area contributed by atoms with E-state index in [1.165, 1.54) is 12.1 Å². The van der Waals surface area contributed by atoms with Gasteiger partial charge in [0.1, 0.15) is 0 Å². The number of hydrogen-bond donors (Lipinski definition) is 2. The van der Waals surface area contributed by atoms with E-state index < -0.39 is 21.8 Å². The predicted molar refractivity (Wildman–Crippen MR) is 157 cm³/mol. The summed E-state index contributed by atoms with van der Waals surface area (Å²) in [7, 11) is -3.99. The molecule has 2 N–H and O–H groups in total. The Bertz CT molecular complexity index is 1280. The highest BCUT2D eigenvalue weighted by molar-refractivity contribution is 7.89. The molecule has 0 saturated carbocycles. The van der Waals surface area contributed by atoms with E-state index in [1.54, 1.807) is 24.3 Å². The van der Waals surface area contributed by atoms with Gasteiger partial charge in [-0.25, -0.2) is 13.1 Å². The number of halogens is 5. The van der Waals surface area contributed by atoms with E-state index in [0.29, 0.717) is 35.0 Å². The number of carbonyl (C=O) groups excluding carboxylic acids is 1. The highest BCUT2D eigenvalue weighted by Crippen LogP contribution is 2.30. The van der Waals surface area contributed by atoms with Gasteiger partial charge in [-0.05, 0) is 106 Å². The molecular weight excluding hydrogens is 598 g/mol. The lowest BCUT2D eigenvalue weighted by Crippen LogP contribution is -2.34. The van der Waals surface area contributed by atoms with Crippen molar-refractivity contribution in [3.63, 3.8) is 0 Å². The van der Waals surface area contributed by atoms with Gasteiger partial charge in [0, 0.05) is 19.2 Å². The second-order valence-electron chi connectivity index (χ2n) is 10.2. The van der Waals surface area contributed by atoms with Crippen LogP contribution in [0.1, 0.15) is 56.1 Å². The Kier molecular flexibility index (Phi) is 13.0. The summed E-state index contributed by atoms with van der Waals surface area (Å²) in [5.74, 6) is 0.359. The van der Waals surface area contributed by atoms with Gasteiger partial charge >= 0.3 is 6.18 Å². The van der Waals surface area contributed by atoms with Crippen molar-refractivity contribution >= 4 is 45.2 Å². The molecule has 1 amide bonds. The maximum atomic E-state index is 12.9. The third-order valence-corrected chi connectivity index (χ3v) is 9.28. The number of likely N-dealkylation sites (tertiary alicyclic amines) is 1. The minimum atomic E-state index is -4.59. The van der Waals surface area contributed by atoms with E-state index in [0.717, 1.165) is 75.9 Å². The first kappa shape index (κ1) is 33.4. The molecule has 6 nitrogen and oxygen atoms in total. The second kappa shape index (κ2) is 15.9. The Morgan fingerprint density at radius 2 is 1.73 bits per heavy atom. The Hall–Kier alpha value is -2.11. The smallest absolute Gasteiger partial charge is 0.353 e. The number of sulfonamides is 1. The molecule has 0 aromatic heterocycles. The highest BCUT2D eigenvalue weighted by Gasteiger charge is 2.31. The molecule has 1 aliphatic heterocycles. The fourth-order valence-corrected chi connectivity index (χ4v) is 6.14. The topological polar surface area (TPSA) is 78.5 Å². The first-order valence-corrected chi connectivity index (χ1v) is 16.0. The minimum Gasteiger partial charge on any atom is -0.353 e. The van der Waals surface area contributed by atoms with Crippen molar-refractivity contribution in [3.05, 3.63) is 69.7 Å². The summed E-state index contributed by atoms with van der Waals surface area (Å²) >= 11 is 11.9. The van der Waals surface area contributed by atoms with Crippen LogP contribution in [0, 0.1) is 5.92 Å². The zero-order chi connectivity index (χ0) is 29.9. The zero-order valence-electron chi connectivity index (χ0n) is 22.7. The van der Waals surface area contributed by atoms with Crippen molar-refractivity contribution in [2.24, 2.45) is 5.92 Å². The molecule has 1 aliphatic rings. The molecule has 0 atom stereocenters. The van der Waals surface area contributed by atoms with Crippen LogP contribution in [-0.4, -0.2) is 51.9 Å². The predicted octanol–water partition coefficient (Wildman–Crippen LogP) is 6.78. The highest BCUT2D eigenvalue weighted by atomic mass is 35.5. The van der Waals surface area contributed by atoms with Crippen LogP contribution in [0.5, 0.6) is 0 Å². The van der Waals surface area contributed by atoms with Gasteiger partial charge in [0.25, 0.3) is 0 Å². The Morgan fingerprint density at radius 1 is 0.976 bits per heavy atom. The lowest BCUT2D eigenvalue weighted by atomic mass is 9.92. The summed E-state index contributed by atoms with van der Waals surface area (Å²) in [6, 6.07) is 8.96. The van der Waals surface area contributed by atoms with Gasteiger partial charge in [0.15, 0.2) is 0 Å². The van der Waals surface area contributed by atoms with Crippen molar-refractivity contribution in [2.75, 3.05) is 32.7 Å². The first-order valence-electron chi connectivity index (χ1n) is 13.7. The van der Waals surface area contributed by atoms with E-state index in [4.69, 9.17) is 23.2 Å². The van der Waals surface area contributed by atoms with Gasteiger partial charge in [-0.3, -0.25) is 4.79 Å². The zero-order valence-corrected chi connectivity index (χ0v) is 25.1. The van der Waals surface area contributed by atoms with Gasteiger partial charge in [-0.2, -0.15) is 13.2 Å². The molecule has 0 unspecified atom stereocenters. The Morgan fingerprint density at radius 3 is 2.44 bits per heavy atom. The quantitative estimate of drug-likeness (QED) is 0.177. The number of carbonyl (C=O) groups is 1. The maximum absolute atomic E-state index is 12.9. The molecule has 41 heavy (non-hydrogen) atoms. The summed E-state index contributed by atoms with van der Waals surface area (Å²) in [6.45, 7) is 3.81. The average molecular weight is 635 g/mol. The maximum Gasteiger partial charge on any atom is 0.416 e. The summed E-state index contributed by atoms with van der Waals surface area (Å²) in [4.78, 5) is 14.1. The second-order valence-corrected chi connectivity index (χ2v) is 12.8. The minimum absolute atomic E-state index is 0.151. The van der Waals surface area contributed by atoms with Crippen LogP contribution in [-0.2, 0) is 21.0 Å². The summed E-state index contributed by atoms with van der Waals surface area (Å²) in [5, 5.41) is 3.80. The lowest BCUT2D eigenvalue weighted by Gasteiger charge is -2.32. The van der Waals surface area contributed by atoms with Gasteiger partial charge in [0.05, 0.1) is 20.5 Å². The molecule has 0 bridgehead atoms. The molecule has 226 valence electrons. The first-order chi connectivity index (χ1) is 19.4. The van der Waals surface area contributed by atoms with Crippen LogP contribution in [0.2, 0.25) is 10.0 Å². The molecule has 2 aromatic carbocycles. The SMILES string of the molecule is O=C(C=Cc1ccc(Cl)c(Cl)c1)NCCCCCN1CCC(CCCNS(=O)(=O)c2cccc(C(F)(F)F)c2)CC1. The van der Waals surface area contributed by atoms with Gasteiger partial charge in [-0.15, -0.1) is 0 Å². The van der Waals surface area contributed by atoms with E-state index in [-0.39, 0.29) is 17.3 Å². The monoisotopic (exact) mass is 633 g/mol. The van der Waals surface area contributed by atoms with E-state index in [2.05, 4.69) is 14.9 Å².